The maximum absolute atomic E-state index is 12.0. The summed E-state index contributed by atoms with van der Waals surface area (Å²) in [5.41, 5.74) is 0.800. The van der Waals surface area contributed by atoms with Crippen LogP contribution in [-0.4, -0.2) is 25.2 Å². The molecule has 0 saturated carbocycles. The first-order valence-electron chi connectivity index (χ1n) is 5.98. The number of hydrogen-bond acceptors (Lipinski definition) is 3. The standard InChI is InChI=1S/C13H14F3NO2/c1-9-8-17(7-6-12(9)18)10-2-4-11(5-3-10)19-13(14,15)16/h2-5,9H,6-8H2,1H3. The normalized spacial score (nSPS) is 20.5. The Morgan fingerprint density at radius 3 is 2.42 bits per heavy atom. The largest absolute Gasteiger partial charge is 0.573 e. The second kappa shape index (κ2) is 5.11. The van der Waals surface area contributed by atoms with E-state index in [2.05, 4.69) is 4.74 Å². The lowest BCUT2D eigenvalue weighted by Crippen LogP contribution is -2.39. The molecule has 1 aliphatic heterocycles. The number of carbonyl (C=O) groups is 1. The van der Waals surface area contributed by atoms with E-state index in [9.17, 15) is 18.0 Å². The number of anilines is 1. The van der Waals surface area contributed by atoms with E-state index in [1.807, 2.05) is 11.8 Å². The molecule has 3 nitrogen and oxygen atoms in total. The molecule has 0 aromatic heterocycles. The van der Waals surface area contributed by atoms with Crippen molar-refractivity contribution in [3.8, 4) is 5.75 Å². The molecule has 1 saturated heterocycles. The maximum Gasteiger partial charge on any atom is 0.573 e. The van der Waals surface area contributed by atoms with Crippen molar-refractivity contribution in [1.82, 2.24) is 0 Å². The summed E-state index contributed by atoms with van der Waals surface area (Å²) in [6.07, 6.45) is -4.20. The van der Waals surface area contributed by atoms with Gasteiger partial charge in [-0.25, -0.2) is 0 Å². The van der Waals surface area contributed by atoms with E-state index in [-0.39, 0.29) is 17.5 Å². The van der Waals surface area contributed by atoms with E-state index >= 15 is 0 Å². The van der Waals surface area contributed by atoms with Crippen LogP contribution >= 0.6 is 0 Å². The van der Waals surface area contributed by atoms with Crippen LogP contribution in [0.25, 0.3) is 0 Å². The highest BCUT2D eigenvalue weighted by molar-refractivity contribution is 5.83. The van der Waals surface area contributed by atoms with Gasteiger partial charge in [0.25, 0.3) is 0 Å². The van der Waals surface area contributed by atoms with Crippen LogP contribution in [0.3, 0.4) is 0 Å². The van der Waals surface area contributed by atoms with E-state index in [0.29, 0.717) is 19.5 Å². The van der Waals surface area contributed by atoms with Gasteiger partial charge >= 0.3 is 6.36 Å². The highest BCUT2D eigenvalue weighted by atomic mass is 19.4. The summed E-state index contributed by atoms with van der Waals surface area (Å²) in [6.45, 7) is 3.05. The lowest BCUT2D eigenvalue weighted by Gasteiger charge is -2.32. The summed E-state index contributed by atoms with van der Waals surface area (Å²) in [5.74, 6) is -0.0505. The van der Waals surface area contributed by atoms with Crippen molar-refractivity contribution < 1.29 is 22.7 Å². The van der Waals surface area contributed by atoms with Crippen LogP contribution in [0.5, 0.6) is 5.75 Å². The SMILES string of the molecule is CC1CN(c2ccc(OC(F)(F)F)cc2)CCC1=O. The fraction of sp³-hybridized carbons (Fsp3) is 0.462. The van der Waals surface area contributed by atoms with Crippen LogP contribution in [0, 0.1) is 5.92 Å². The van der Waals surface area contributed by atoms with Crippen LogP contribution in [0.1, 0.15) is 13.3 Å². The summed E-state index contributed by atoms with van der Waals surface area (Å²) >= 11 is 0. The fourth-order valence-corrected chi connectivity index (χ4v) is 2.11. The molecule has 0 N–H and O–H groups in total. The molecule has 1 aromatic rings. The summed E-state index contributed by atoms with van der Waals surface area (Å²) < 4.78 is 39.9. The number of halogens is 3. The summed E-state index contributed by atoms with van der Waals surface area (Å²) in [6, 6.07) is 5.71. The van der Waals surface area contributed by atoms with Crippen molar-refractivity contribution in [2.75, 3.05) is 18.0 Å². The third-order valence-electron chi connectivity index (χ3n) is 3.11. The van der Waals surface area contributed by atoms with Crippen molar-refractivity contribution in [2.45, 2.75) is 19.7 Å². The summed E-state index contributed by atoms with van der Waals surface area (Å²) in [4.78, 5) is 13.4. The number of hydrogen-bond donors (Lipinski definition) is 0. The molecule has 6 heteroatoms. The molecule has 19 heavy (non-hydrogen) atoms. The van der Waals surface area contributed by atoms with Gasteiger partial charge in [0.15, 0.2) is 0 Å². The van der Waals surface area contributed by atoms with Crippen LogP contribution in [0.4, 0.5) is 18.9 Å². The smallest absolute Gasteiger partial charge is 0.406 e. The molecule has 0 bridgehead atoms. The van der Waals surface area contributed by atoms with Gasteiger partial charge in [-0.15, -0.1) is 13.2 Å². The van der Waals surface area contributed by atoms with Gasteiger partial charge in [-0.1, -0.05) is 6.92 Å². The lowest BCUT2D eigenvalue weighted by molar-refractivity contribution is -0.274. The molecule has 104 valence electrons. The third-order valence-corrected chi connectivity index (χ3v) is 3.11. The number of carbonyl (C=O) groups excluding carboxylic acids is 1. The Kier molecular flexibility index (Phi) is 3.68. The number of ether oxygens (including phenoxy) is 1. The predicted octanol–water partition coefficient (Wildman–Crippen LogP) is 3.00. The zero-order valence-corrected chi connectivity index (χ0v) is 10.4. The maximum atomic E-state index is 12.0. The minimum absolute atomic E-state index is 0.0418. The molecule has 1 aromatic carbocycles. The highest BCUT2D eigenvalue weighted by Crippen LogP contribution is 2.27. The average Bonchev–Trinajstić information content (AvgIpc) is 2.32. The van der Waals surface area contributed by atoms with Crippen molar-refractivity contribution in [2.24, 2.45) is 5.92 Å². The molecule has 1 heterocycles. The molecule has 1 atom stereocenters. The van der Waals surface area contributed by atoms with Crippen LogP contribution < -0.4 is 9.64 Å². The van der Waals surface area contributed by atoms with E-state index in [1.54, 1.807) is 12.1 Å². The van der Waals surface area contributed by atoms with Gasteiger partial charge < -0.3 is 9.64 Å². The van der Waals surface area contributed by atoms with Gasteiger partial charge in [0.05, 0.1) is 0 Å². The molecule has 2 rings (SSSR count). The minimum Gasteiger partial charge on any atom is -0.406 e. The van der Waals surface area contributed by atoms with Gasteiger partial charge in [0.1, 0.15) is 11.5 Å². The van der Waals surface area contributed by atoms with Crippen molar-refractivity contribution >= 4 is 11.5 Å². The van der Waals surface area contributed by atoms with E-state index < -0.39 is 6.36 Å². The Morgan fingerprint density at radius 1 is 1.26 bits per heavy atom. The molecule has 0 radical (unpaired) electrons. The molecule has 0 amide bonds. The highest BCUT2D eigenvalue weighted by Gasteiger charge is 2.31. The second-order valence-corrected chi connectivity index (χ2v) is 4.61. The zero-order valence-electron chi connectivity index (χ0n) is 10.4. The van der Waals surface area contributed by atoms with Gasteiger partial charge in [0.2, 0.25) is 0 Å². The molecular formula is C13H14F3NO2. The predicted molar refractivity (Wildman–Crippen MR) is 64.1 cm³/mol. The third kappa shape index (κ3) is 3.62. The Bertz CT molecular complexity index is 456. The fourth-order valence-electron chi connectivity index (χ4n) is 2.11. The molecule has 1 aliphatic rings. The minimum atomic E-state index is -4.67. The monoisotopic (exact) mass is 273 g/mol. The van der Waals surface area contributed by atoms with Gasteiger partial charge in [-0.2, -0.15) is 0 Å². The van der Waals surface area contributed by atoms with Crippen molar-refractivity contribution in [1.29, 1.82) is 0 Å². The first-order valence-corrected chi connectivity index (χ1v) is 5.98. The van der Waals surface area contributed by atoms with E-state index in [1.165, 1.54) is 12.1 Å². The average molecular weight is 273 g/mol. The lowest BCUT2D eigenvalue weighted by atomic mass is 9.98. The number of piperidine rings is 1. The summed E-state index contributed by atoms with van der Waals surface area (Å²) in [7, 11) is 0. The quantitative estimate of drug-likeness (QED) is 0.829. The summed E-state index contributed by atoms with van der Waals surface area (Å²) in [5, 5.41) is 0. The Balaban J connectivity index is 2.04. The van der Waals surface area contributed by atoms with E-state index in [0.717, 1.165) is 5.69 Å². The first-order chi connectivity index (χ1) is 8.85. The number of Topliss-reactive ketones (excluding diaryl/α,β-unsaturated/α-hetero) is 1. The van der Waals surface area contributed by atoms with Crippen molar-refractivity contribution in [3.05, 3.63) is 24.3 Å². The van der Waals surface area contributed by atoms with Crippen LogP contribution in [-0.2, 0) is 4.79 Å². The number of alkyl halides is 3. The number of ketones is 1. The van der Waals surface area contributed by atoms with Crippen LogP contribution in [0.2, 0.25) is 0 Å². The topological polar surface area (TPSA) is 29.5 Å². The molecular weight excluding hydrogens is 259 g/mol. The number of nitrogens with zero attached hydrogens (tertiary/aromatic N) is 1. The number of rotatable bonds is 2. The van der Waals surface area contributed by atoms with Crippen molar-refractivity contribution in [3.63, 3.8) is 0 Å². The zero-order chi connectivity index (χ0) is 14.0. The molecule has 1 fully saturated rings. The molecule has 0 aliphatic carbocycles. The van der Waals surface area contributed by atoms with Crippen LogP contribution in [0.15, 0.2) is 24.3 Å². The molecule has 0 spiro atoms. The van der Waals surface area contributed by atoms with Gasteiger partial charge in [0, 0.05) is 31.1 Å². The first kappa shape index (κ1) is 13.7. The Labute approximate surface area is 109 Å². The Morgan fingerprint density at radius 2 is 1.89 bits per heavy atom. The number of benzene rings is 1. The van der Waals surface area contributed by atoms with Gasteiger partial charge in [-0.05, 0) is 24.3 Å². The van der Waals surface area contributed by atoms with Gasteiger partial charge in [-0.3, -0.25) is 4.79 Å². The second-order valence-electron chi connectivity index (χ2n) is 4.61. The Hall–Kier alpha value is -1.72. The molecule has 1 unspecified atom stereocenters. The van der Waals surface area contributed by atoms with E-state index in [4.69, 9.17) is 0 Å².